The molecule has 1 heterocycles. The van der Waals surface area contributed by atoms with Crippen molar-refractivity contribution < 1.29 is 14.6 Å². The van der Waals surface area contributed by atoms with Gasteiger partial charge in [-0.05, 0) is 25.5 Å². The molecule has 0 radical (unpaired) electrons. The van der Waals surface area contributed by atoms with E-state index in [4.69, 9.17) is 9.84 Å². The van der Waals surface area contributed by atoms with Crippen LogP contribution in [0.3, 0.4) is 0 Å². The lowest BCUT2D eigenvalue weighted by molar-refractivity contribution is 0.0695. The van der Waals surface area contributed by atoms with Gasteiger partial charge in [0.1, 0.15) is 5.82 Å². The molecule has 5 nitrogen and oxygen atoms in total. The molecular formula is C13H20N2O3. The third kappa shape index (κ3) is 4.00. The molecule has 0 aromatic carbocycles. The summed E-state index contributed by atoms with van der Waals surface area (Å²) in [5, 5.41) is 12.2. The lowest BCUT2D eigenvalue weighted by Gasteiger charge is -2.18. The Hall–Kier alpha value is -1.62. The lowest BCUT2D eigenvalue weighted by atomic mass is 10.1. The highest BCUT2D eigenvalue weighted by Crippen LogP contribution is 2.13. The number of aromatic nitrogens is 1. The third-order valence-electron chi connectivity index (χ3n) is 2.67. The first-order valence-corrected chi connectivity index (χ1v) is 6.04. The fourth-order valence-electron chi connectivity index (χ4n) is 1.82. The second-order valence-electron chi connectivity index (χ2n) is 4.22. The number of methoxy groups -OCH3 is 1. The fraction of sp³-hybridized carbons (Fsp3) is 0.538. The molecule has 0 spiro atoms. The first-order valence-electron chi connectivity index (χ1n) is 6.04. The van der Waals surface area contributed by atoms with E-state index in [-0.39, 0.29) is 11.6 Å². The quantitative estimate of drug-likeness (QED) is 0.779. The summed E-state index contributed by atoms with van der Waals surface area (Å²) < 4.78 is 5.14. The standard InChI is InChI=1S/C13H20N2O3/c1-4-5-10(8-18-3)15-12-7-6-11(13(16)17)9(2)14-12/h6-7,10H,4-5,8H2,1-3H3,(H,14,15)(H,16,17). The fourth-order valence-corrected chi connectivity index (χ4v) is 1.82. The molecule has 1 aromatic heterocycles. The van der Waals surface area contributed by atoms with Gasteiger partial charge in [0.25, 0.3) is 0 Å². The predicted molar refractivity (Wildman–Crippen MR) is 70.1 cm³/mol. The van der Waals surface area contributed by atoms with Crippen LogP contribution in [0.1, 0.15) is 35.8 Å². The van der Waals surface area contributed by atoms with Crippen molar-refractivity contribution in [3.05, 3.63) is 23.4 Å². The molecule has 0 amide bonds. The number of hydrogen-bond donors (Lipinski definition) is 2. The molecule has 5 heteroatoms. The van der Waals surface area contributed by atoms with E-state index in [2.05, 4.69) is 17.2 Å². The molecule has 2 N–H and O–H groups in total. The zero-order chi connectivity index (χ0) is 13.5. The van der Waals surface area contributed by atoms with Crippen molar-refractivity contribution in [3.8, 4) is 0 Å². The van der Waals surface area contributed by atoms with E-state index in [1.165, 1.54) is 0 Å². The smallest absolute Gasteiger partial charge is 0.337 e. The number of hydrogen-bond acceptors (Lipinski definition) is 4. The average molecular weight is 252 g/mol. The summed E-state index contributed by atoms with van der Waals surface area (Å²) in [6.07, 6.45) is 2.03. The van der Waals surface area contributed by atoms with Gasteiger partial charge < -0.3 is 15.2 Å². The number of rotatable bonds is 7. The summed E-state index contributed by atoms with van der Waals surface area (Å²) in [6, 6.07) is 3.46. The first kappa shape index (κ1) is 14.4. The van der Waals surface area contributed by atoms with Gasteiger partial charge in [-0.1, -0.05) is 13.3 Å². The predicted octanol–water partition coefficient (Wildman–Crippen LogP) is 2.32. The molecule has 100 valence electrons. The van der Waals surface area contributed by atoms with E-state index in [0.717, 1.165) is 12.8 Å². The molecule has 0 saturated heterocycles. The van der Waals surface area contributed by atoms with Gasteiger partial charge in [-0.2, -0.15) is 0 Å². The molecule has 0 saturated carbocycles. The highest BCUT2D eigenvalue weighted by atomic mass is 16.5. The molecule has 0 aliphatic rings. The Balaban J connectivity index is 2.77. The van der Waals surface area contributed by atoms with Crippen molar-refractivity contribution in [3.63, 3.8) is 0 Å². The number of carboxylic acids is 1. The van der Waals surface area contributed by atoms with E-state index in [1.807, 2.05) is 0 Å². The summed E-state index contributed by atoms with van der Waals surface area (Å²) in [4.78, 5) is 15.1. The summed E-state index contributed by atoms with van der Waals surface area (Å²) in [7, 11) is 1.66. The number of anilines is 1. The Morgan fingerprint density at radius 3 is 2.78 bits per heavy atom. The number of aryl methyl sites for hydroxylation is 1. The first-order chi connectivity index (χ1) is 8.58. The second kappa shape index (κ2) is 6.96. The van der Waals surface area contributed by atoms with Crippen LogP contribution in [0.15, 0.2) is 12.1 Å². The molecule has 0 bridgehead atoms. The van der Waals surface area contributed by atoms with E-state index < -0.39 is 5.97 Å². The maximum atomic E-state index is 10.9. The molecule has 18 heavy (non-hydrogen) atoms. The Morgan fingerprint density at radius 1 is 1.56 bits per heavy atom. The molecule has 0 aliphatic heterocycles. The zero-order valence-electron chi connectivity index (χ0n) is 11.1. The maximum Gasteiger partial charge on any atom is 0.337 e. The molecule has 0 fully saturated rings. The van der Waals surface area contributed by atoms with Crippen molar-refractivity contribution in [2.75, 3.05) is 19.0 Å². The number of aromatic carboxylic acids is 1. The van der Waals surface area contributed by atoms with E-state index >= 15 is 0 Å². The topological polar surface area (TPSA) is 71.5 Å². The Morgan fingerprint density at radius 2 is 2.28 bits per heavy atom. The highest BCUT2D eigenvalue weighted by molar-refractivity contribution is 5.89. The summed E-state index contributed by atoms with van der Waals surface area (Å²) in [5.41, 5.74) is 0.750. The highest BCUT2D eigenvalue weighted by Gasteiger charge is 2.11. The van der Waals surface area contributed by atoms with Crippen LogP contribution in [0.5, 0.6) is 0 Å². The molecule has 1 aromatic rings. The van der Waals surface area contributed by atoms with Crippen molar-refractivity contribution >= 4 is 11.8 Å². The van der Waals surface area contributed by atoms with Crippen molar-refractivity contribution in [1.29, 1.82) is 0 Å². The van der Waals surface area contributed by atoms with Gasteiger partial charge in [0.05, 0.1) is 23.9 Å². The van der Waals surface area contributed by atoms with Crippen LogP contribution in [-0.2, 0) is 4.74 Å². The van der Waals surface area contributed by atoms with E-state index in [1.54, 1.807) is 26.2 Å². The van der Waals surface area contributed by atoms with Gasteiger partial charge in [-0.3, -0.25) is 0 Å². The van der Waals surface area contributed by atoms with Gasteiger partial charge in [0.15, 0.2) is 0 Å². The van der Waals surface area contributed by atoms with Crippen LogP contribution in [0.25, 0.3) is 0 Å². The van der Waals surface area contributed by atoms with Gasteiger partial charge >= 0.3 is 5.97 Å². The molecule has 0 aliphatic carbocycles. The molecule has 1 rings (SSSR count). The minimum absolute atomic E-state index is 0.197. The average Bonchev–Trinajstić information content (AvgIpc) is 2.29. The number of pyridine rings is 1. The van der Waals surface area contributed by atoms with Crippen LogP contribution < -0.4 is 5.32 Å². The zero-order valence-corrected chi connectivity index (χ0v) is 11.1. The Labute approximate surface area is 107 Å². The summed E-state index contributed by atoms with van der Waals surface area (Å²) >= 11 is 0. The van der Waals surface area contributed by atoms with Gasteiger partial charge in [-0.25, -0.2) is 9.78 Å². The van der Waals surface area contributed by atoms with Crippen molar-refractivity contribution in [1.82, 2.24) is 4.98 Å². The number of ether oxygens (including phenoxy) is 1. The lowest BCUT2D eigenvalue weighted by Crippen LogP contribution is -2.25. The van der Waals surface area contributed by atoms with Crippen LogP contribution in [0.2, 0.25) is 0 Å². The molecule has 1 unspecified atom stereocenters. The monoisotopic (exact) mass is 252 g/mol. The largest absolute Gasteiger partial charge is 0.478 e. The number of nitrogens with one attached hydrogen (secondary N) is 1. The van der Waals surface area contributed by atoms with Gasteiger partial charge in [0, 0.05) is 7.11 Å². The van der Waals surface area contributed by atoms with Crippen LogP contribution in [0.4, 0.5) is 5.82 Å². The van der Waals surface area contributed by atoms with E-state index in [0.29, 0.717) is 18.1 Å². The SMILES string of the molecule is CCCC(COC)Nc1ccc(C(=O)O)c(C)n1. The second-order valence-corrected chi connectivity index (χ2v) is 4.22. The third-order valence-corrected chi connectivity index (χ3v) is 2.67. The van der Waals surface area contributed by atoms with Crippen molar-refractivity contribution in [2.45, 2.75) is 32.7 Å². The van der Waals surface area contributed by atoms with Crippen LogP contribution in [-0.4, -0.2) is 35.8 Å². The summed E-state index contributed by atoms with van der Waals surface area (Å²) in [6.45, 7) is 4.41. The maximum absolute atomic E-state index is 10.9. The number of carboxylic acid groups (broad SMARTS) is 1. The Bertz CT molecular complexity index is 401. The normalized spacial score (nSPS) is 12.2. The minimum atomic E-state index is -0.950. The van der Waals surface area contributed by atoms with Crippen molar-refractivity contribution in [2.24, 2.45) is 0 Å². The van der Waals surface area contributed by atoms with E-state index in [9.17, 15) is 4.79 Å². The summed E-state index contributed by atoms with van der Waals surface area (Å²) in [5.74, 6) is -0.262. The molecular weight excluding hydrogens is 232 g/mol. The van der Waals surface area contributed by atoms with Crippen LogP contribution in [0, 0.1) is 6.92 Å². The van der Waals surface area contributed by atoms with Gasteiger partial charge in [-0.15, -0.1) is 0 Å². The Kier molecular flexibility index (Phi) is 5.58. The molecule has 1 atom stereocenters. The number of nitrogens with zero attached hydrogens (tertiary/aromatic N) is 1. The van der Waals surface area contributed by atoms with Crippen LogP contribution >= 0.6 is 0 Å². The number of carbonyl (C=O) groups is 1. The minimum Gasteiger partial charge on any atom is -0.478 e. The van der Waals surface area contributed by atoms with Gasteiger partial charge in [0.2, 0.25) is 0 Å².